The maximum absolute atomic E-state index is 12.8. The van der Waals surface area contributed by atoms with E-state index in [-0.39, 0.29) is 5.91 Å². The van der Waals surface area contributed by atoms with Gasteiger partial charge in [-0.2, -0.15) is 0 Å². The molecular weight excluding hydrogens is 328 g/mol. The highest BCUT2D eigenvalue weighted by Gasteiger charge is 2.33. The molecule has 0 aliphatic carbocycles. The topological polar surface area (TPSA) is 74.2 Å². The van der Waals surface area contributed by atoms with E-state index < -0.39 is 0 Å². The Morgan fingerprint density at radius 1 is 1.27 bits per heavy atom. The highest BCUT2D eigenvalue weighted by Crippen LogP contribution is 2.33. The third-order valence-electron chi connectivity index (χ3n) is 5.52. The van der Waals surface area contributed by atoms with E-state index in [9.17, 15) is 4.79 Å². The second-order valence-electron chi connectivity index (χ2n) is 7.17. The van der Waals surface area contributed by atoms with E-state index in [1.807, 2.05) is 24.9 Å². The van der Waals surface area contributed by atoms with Crippen LogP contribution in [-0.4, -0.2) is 45.9 Å². The van der Waals surface area contributed by atoms with Gasteiger partial charge >= 0.3 is 0 Å². The van der Waals surface area contributed by atoms with Crippen molar-refractivity contribution in [2.75, 3.05) is 30.4 Å². The van der Waals surface area contributed by atoms with Gasteiger partial charge in [-0.15, -0.1) is 0 Å². The van der Waals surface area contributed by atoms with Crippen molar-refractivity contribution in [3.8, 4) is 0 Å². The van der Waals surface area contributed by atoms with Crippen molar-refractivity contribution in [2.45, 2.75) is 33.4 Å². The fourth-order valence-corrected chi connectivity index (χ4v) is 3.84. The number of amides is 1. The van der Waals surface area contributed by atoms with E-state index in [2.05, 4.69) is 32.1 Å². The zero-order chi connectivity index (χ0) is 18.3. The molecule has 0 radical (unpaired) electrons. The second-order valence-corrected chi connectivity index (χ2v) is 7.17. The van der Waals surface area contributed by atoms with E-state index >= 15 is 0 Å². The Labute approximate surface area is 153 Å². The zero-order valence-electron chi connectivity index (χ0n) is 15.5. The van der Waals surface area contributed by atoms with Crippen molar-refractivity contribution in [3.63, 3.8) is 0 Å². The lowest BCUT2D eigenvalue weighted by Gasteiger charge is -2.40. The minimum Gasteiger partial charge on any atom is -0.373 e. The van der Waals surface area contributed by atoms with E-state index in [0.717, 1.165) is 30.4 Å². The summed E-state index contributed by atoms with van der Waals surface area (Å²) in [6.07, 6.45) is 3.91. The molecule has 2 aromatic rings. The minimum absolute atomic E-state index is 0.229. The van der Waals surface area contributed by atoms with Gasteiger partial charge in [0.25, 0.3) is 0 Å². The fourth-order valence-electron chi connectivity index (χ4n) is 3.84. The summed E-state index contributed by atoms with van der Waals surface area (Å²) in [5.41, 5.74) is 4.65. The summed E-state index contributed by atoms with van der Waals surface area (Å²) in [6, 6.07) is 1.91. The third-order valence-corrected chi connectivity index (χ3v) is 5.52. The van der Waals surface area contributed by atoms with Crippen molar-refractivity contribution in [2.24, 2.45) is 5.92 Å². The number of pyridine rings is 1. The van der Waals surface area contributed by atoms with Gasteiger partial charge in [0.15, 0.2) is 0 Å². The molecule has 0 bridgehead atoms. The first-order chi connectivity index (χ1) is 12.6. The van der Waals surface area contributed by atoms with Crippen LogP contribution in [0, 0.1) is 19.8 Å². The molecule has 1 fully saturated rings. The Morgan fingerprint density at radius 2 is 2.04 bits per heavy atom. The van der Waals surface area contributed by atoms with Crippen LogP contribution in [0.15, 0.2) is 18.6 Å². The van der Waals surface area contributed by atoms with Crippen LogP contribution in [-0.2, 0) is 17.9 Å². The maximum Gasteiger partial charge on any atom is 0.223 e. The molecule has 1 saturated heterocycles. The number of fused-ring (bicyclic) bond motifs is 1. The molecule has 0 atom stereocenters. The number of anilines is 2. The quantitative estimate of drug-likeness (QED) is 0.906. The van der Waals surface area contributed by atoms with Crippen molar-refractivity contribution in [1.29, 1.82) is 0 Å². The Balaban J connectivity index is 1.38. The van der Waals surface area contributed by atoms with E-state index in [1.165, 1.54) is 16.7 Å². The number of rotatable bonds is 4. The maximum atomic E-state index is 12.8. The molecule has 4 heterocycles. The van der Waals surface area contributed by atoms with E-state index in [4.69, 9.17) is 0 Å². The number of aromatic nitrogens is 3. The Morgan fingerprint density at radius 3 is 2.73 bits per heavy atom. The lowest BCUT2D eigenvalue weighted by molar-refractivity contribution is -0.133. The lowest BCUT2D eigenvalue weighted by atomic mass is 9.95. The SMILES string of the molecule is CNc1nc(C)c(C)c2c1CN(C(=O)CC1CN(c3ccncn3)C1)C2. The van der Waals surface area contributed by atoms with Crippen LogP contribution in [0.2, 0.25) is 0 Å². The van der Waals surface area contributed by atoms with Gasteiger partial charge in [0.1, 0.15) is 18.0 Å². The smallest absolute Gasteiger partial charge is 0.223 e. The Kier molecular flexibility index (Phi) is 4.22. The molecule has 1 N–H and O–H groups in total. The molecule has 0 aromatic carbocycles. The van der Waals surface area contributed by atoms with Gasteiger partial charge in [-0.3, -0.25) is 4.79 Å². The molecular formula is C19H24N6O. The average Bonchev–Trinajstić information content (AvgIpc) is 3.07. The summed E-state index contributed by atoms with van der Waals surface area (Å²) < 4.78 is 0. The van der Waals surface area contributed by atoms with Crippen LogP contribution in [0.3, 0.4) is 0 Å². The van der Waals surface area contributed by atoms with Crippen LogP contribution in [0.1, 0.15) is 28.8 Å². The van der Waals surface area contributed by atoms with Crippen molar-refractivity contribution in [1.82, 2.24) is 19.9 Å². The Hall–Kier alpha value is -2.70. The van der Waals surface area contributed by atoms with Gasteiger partial charge in [0.2, 0.25) is 5.91 Å². The van der Waals surface area contributed by atoms with Crippen LogP contribution in [0.25, 0.3) is 0 Å². The van der Waals surface area contributed by atoms with Gasteiger partial charge in [0, 0.05) is 63.0 Å². The van der Waals surface area contributed by atoms with Crippen LogP contribution < -0.4 is 10.2 Å². The van der Waals surface area contributed by atoms with Crippen molar-refractivity contribution in [3.05, 3.63) is 41.0 Å². The van der Waals surface area contributed by atoms with Gasteiger partial charge in [-0.1, -0.05) is 0 Å². The lowest BCUT2D eigenvalue weighted by Crippen LogP contribution is -2.49. The van der Waals surface area contributed by atoms with Crippen LogP contribution in [0.4, 0.5) is 11.6 Å². The van der Waals surface area contributed by atoms with E-state index in [0.29, 0.717) is 25.4 Å². The van der Waals surface area contributed by atoms with Crippen LogP contribution in [0.5, 0.6) is 0 Å². The molecule has 0 unspecified atom stereocenters. The van der Waals surface area contributed by atoms with Crippen molar-refractivity contribution < 1.29 is 4.79 Å². The molecule has 26 heavy (non-hydrogen) atoms. The summed E-state index contributed by atoms with van der Waals surface area (Å²) in [6.45, 7) is 7.23. The number of carbonyl (C=O) groups is 1. The first kappa shape index (κ1) is 16.8. The zero-order valence-corrected chi connectivity index (χ0v) is 15.5. The fraction of sp³-hybridized carbons (Fsp3) is 0.474. The highest BCUT2D eigenvalue weighted by atomic mass is 16.2. The van der Waals surface area contributed by atoms with Gasteiger partial charge in [-0.05, 0) is 31.0 Å². The summed E-state index contributed by atoms with van der Waals surface area (Å²) in [4.78, 5) is 29.8. The van der Waals surface area contributed by atoms with Gasteiger partial charge in [-0.25, -0.2) is 15.0 Å². The number of aryl methyl sites for hydroxylation is 1. The highest BCUT2D eigenvalue weighted by molar-refractivity contribution is 5.78. The molecule has 0 saturated carbocycles. The molecule has 0 spiro atoms. The number of hydrogen-bond donors (Lipinski definition) is 1. The molecule has 4 rings (SSSR count). The van der Waals surface area contributed by atoms with Gasteiger partial charge in [0.05, 0.1) is 0 Å². The summed E-state index contributed by atoms with van der Waals surface area (Å²) in [7, 11) is 1.89. The first-order valence-corrected chi connectivity index (χ1v) is 9.02. The number of nitrogens with one attached hydrogen (secondary N) is 1. The molecule has 1 amide bonds. The Bertz CT molecular complexity index is 832. The number of hydrogen-bond acceptors (Lipinski definition) is 6. The van der Waals surface area contributed by atoms with Gasteiger partial charge < -0.3 is 15.1 Å². The minimum atomic E-state index is 0.229. The predicted molar refractivity (Wildman–Crippen MR) is 99.9 cm³/mol. The molecule has 136 valence electrons. The molecule has 7 heteroatoms. The average molecular weight is 352 g/mol. The summed E-state index contributed by atoms with van der Waals surface area (Å²) >= 11 is 0. The molecule has 7 nitrogen and oxygen atoms in total. The van der Waals surface area contributed by atoms with Crippen molar-refractivity contribution >= 4 is 17.5 Å². The predicted octanol–water partition coefficient (Wildman–Crippen LogP) is 1.90. The molecule has 2 aliphatic rings. The first-order valence-electron chi connectivity index (χ1n) is 9.02. The monoisotopic (exact) mass is 352 g/mol. The summed E-state index contributed by atoms with van der Waals surface area (Å²) in [5.74, 6) is 2.46. The number of nitrogens with zero attached hydrogens (tertiary/aromatic N) is 5. The second kappa shape index (κ2) is 6.55. The molecule has 2 aromatic heterocycles. The molecule has 2 aliphatic heterocycles. The largest absolute Gasteiger partial charge is 0.373 e. The van der Waals surface area contributed by atoms with E-state index in [1.54, 1.807) is 12.5 Å². The summed E-state index contributed by atoms with van der Waals surface area (Å²) in [5, 5.41) is 3.17. The van der Waals surface area contributed by atoms with Crippen LogP contribution >= 0.6 is 0 Å². The standard InChI is InChI=1S/C19H24N6O/c1-12-13(2)23-19(20-3)16-10-25(9-15(12)16)18(26)6-14-7-24(8-14)17-4-5-21-11-22-17/h4-5,11,14H,6-10H2,1-3H3,(H,20,23). The normalized spacial score (nSPS) is 16.4. The number of carbonyl (C=O) groups excluding carboxylic acids is 1. The third kappa shape index (κ3) is 2.87.